The van der Waals surface area contributed by atoms with E-state index >= 15 is 0 Å². The molecule has 1 aromatic heterocycles. The first-order valence-corrected chi connectivity index (χ1v) is 6.26. The molecule has 0 amide bonds. The number of carbonyl (C=O) groups is 1. The lowest BCUT2D eigenvalue weighted by Crippen LogP contribution is -1.95. The largest absolute Gasteiger partial charge is 0.489 e. The maximum Gasteiger partial charge on any atom is 0.352 e. The van der Waals surface area contributed by atoms with Crippen LogP contribution in [-0.2, 0) is 6.61 Å². The van der Waals surface area contributed by atoms with E-state index in [1.54, 1.807) is 6.07 Å². The summed E-state index contributed by atoms with van der Waals surface area (Å²) in [5.74, 6) is -0.172. The minimum absolute atomic E-state index is 0.187. The lowest BCUT2D eigenvalue weighted by molar-refractivity contribution is 0.0691. The summed E-state index contributed by atoms with van der Waals surface area (Å²) in [6.45, 7) is 0.401. The number of H-pyrrole nitrogens is 1. The zero-order valence-electron chi connectivity index (χ0n) is 10.7. The number of hydrogen-bond donors (Lipinski definition) is 2. The number of aromatic carboxylic acids is 1. The standard InChI is InChI=1S/C16H13NO3/c18-16(19)15-9-13-11(5-4-8-14(13)17-15)10-20-12-6-2-1-3-7-12/h1-9,17H,10H2,(H,18,19). The molecule has 3 aromatic rings. The normalized spacial score (nSPS) is 10.6. The Morgan fingerprint density at radius 2 is 1.90 bits per heavy atom. The van der Waals surface area contributed by atoms with Crippen molar-refractivity contribution >= 4 is 16.9 Å². The van der Waals surface area contributed by atoms with Crippen LogP contribution in [0, 0.1) is 0 Å². The van der Waals surface area contributed by atoms with E-state index in [0.29, 0.717) is 6.61 Å². The molecule has 4 heteroatoms. The van der Waals surface area contributed by atoms with Gasteiger partial charge in [0.1, 0.15) is 18.1 Å². The Morgan fingerprint density at radius 3 is 2.65 bits per heavy atom. The summed E-state index contributed by atoms with van der Waals surface area (Å²) in [4.78, 5) is 13.9. The molecule has 0 radical (unpaired) electrons. The van der Waals surface area contributed by atoms with E-state index in [9.17, 15) is 4.79 Å². The van der Waals surface area contributed by atoms with Crippen LogP contribution in [0.2, 0.25) is 0 Å². The van der Waals surface area contributed by atoms with Crippen molar-refractivity contribution < 1.29 is 14.6 Å². The maximum atomic E-state index is 11.0. The summed E-state index contributed by atoms with van der Waals surface area (Å²) < 4.78 is 5.71. The first-order chi connectivity index (χ1) is 9.74. The topological polar surface area (TPSA) is 62.3 Å². The molecule has 0 aliphatic carbocycles. The fourth-order valence-electron chi connectivity index (χ4n) is 2.14. The third kappa shape index (κ3) is 2.36. The monoisotopic (exact) mass is 267 g/mol. The fraction of sp³-hybridized carbons (Fsp3) is 0.0625. The average molecular weight is 267 g/mol. The zero-order valence-corrected chi connectivity index (χ0v) is 10.7. The summed E-state index contributed by atoms with van der Waals surface area (Å²) in [6, 6.07) is 16.8. The van der Waals surface area contributed by atoms with E-state index in [1.165, 1.54) is 0 Å². The maximum absolute atomic E-state index is 11.0. The molecule has 4 nitrogen and oxygen atoms in total. The number of fused-ring (bicyclic) bond motifs is 1. The Hall–Kier alpha value is -2.75. The van der Waals surface area contributed by atoms with Crippen molar-refractivity contribution in [2.75, 3.05) is 0 Å². The predicted molar refractivity (Wildman–Crippen MR) is 76.0 cm³/mol. The second-order valence-corrected chi connectivity index (χ2v) is 4.47. The molecule has 0 saturated carbocycles. The number of ether oxygens (including phenoxy) is 1. The lowest BCUT2D eigenvalue weighted by atomic mass is 10.1. The van der Waals surface area contributed by atoms with Crippen LogP contribution in [0.4, 0.5) is 0 Å². The van der Waals surface area contributed by atoms with E-state index in [2.05, 4.69) is 4.98 Å². The summed E-state index contributed by atoms with van der Waals surface area (Å²) in [6.07, 6.45) is 0. The van der Waals surface area contributed by atoms with Gasteiger partial charge in [0.05, 0.1) is 0 Å². The van der Waals surface area contributed by atoms with Crippen LogP contribution in [0.15, 0.2) is 54.6 Å². The Morgan fingerprint density at radius 1 is 1.10 bits per heavy atom. The molecule has 0 aliphatic rings. The number of carboxylic acid groups (broad SMARTS) is 1. The van der Waals surface area contributed by atoms with Crippen LogP contribution < -0.4 is 4.74 Å². The predicted octanol–water partition coefficient (Wildman–Crippen LogP) is 3.45. The van der Waals surface area contributed by atoms with E-state index in [4.69, 9.17) is 9.84 Å². The van der Waals surface area contributed by atoms with Gasteiger partial charge in [-0.3, -0.25) is 0 Å². The molecule has 20 heavy (non-hydrogen) atoms. The van der Waals surface area contributed by atoms with Gasteiger partial charge in [0, 0.05) is 10.9 Å². The molecular formula is C16H13NO3. The van der Waals surface area contributed by atoms with Crippen LogP contribution >= 0.6 is 0 Å². The van der Waals surface area contributed by atoms with Crippen LogP contribution in [-0.4, -0.2) is 16.1 Å². The van der Waals surface area contributed by atoms with Crippen LogP contribution in [0.3, 0.4) is 0 Å². The molecule has 0 unspecified atom stereocenters. The molecule has 0 bridgehead atoms. The van der Waals surface area contributed by atoms with Gasteiger partial charge in [-0.2, -0.15) is 0 Å². The highest BCUT2D eigenvalue weighted by molar-refractivity contribution is 5.94. The van der Waals surface area contributed by atoms with Crippen LogP contribution in [0.5, 0.6) is 5.75 Å². The number of nitrogens with one attached hydrogen (secondary N) is 1. The first-order valence-electron chi connectivity index (χ1n) is 6.26. The number of para-hydroxylation sites is 1. The molecule has 100 valence electrons. The highest BCUT2D eigenvalue weighted by Crippen LogP contribution is 2.22. The van der Waals surface area contributed by atoms with Gasteiger partial charge in [0.15, 0.2) is 0 Å². The smallest absolute Gasteiger partial charge is 0.352 e. The number of rotatable bonds is 4. The van der Waals surface area contributed by atoms with Gasteiger partial charge in [0.25, 0.3) is 0 Å². The Labute approximate surface area is 115 Å². The van der Waals surface area contributed by atoms with Crippen molar-refractivity contribution in [2.45, 2.75) is 6.61 Å². The van der Waals surface area contributed by atoms with E-state index in [-0.39, 0.29) is 5.69 Å². The summed E-state index contributed by atoms with van der Waals surface area (Å²) in [5.41, 5.74) is 1.94. The third-order valence-corrected chi connectivity index (χ3v) is 3.12. The average Bonchev–Trinajstić information content (AvgIpc) is 2.91. The van der Waals surface area contributed by atoms with Crippen molar-refractivity contribution in [1.82, 2.24) is 4.98 Å². The Kier molecular flexibility index (Phi) is 3.13. The summed E-state index contributed by atoms with van der Waals surface area (Å²) in [5, 5.41) is 9.90. The molecule has 0 atom stereocenters. The van der Waals surface area contributed by atoms with Crippen molar-refractivity contribution in [2.24, 2.45) is 0 Å². The number of aromatic nitrogens is 1. The van der Waals surface area contributed by atoms with Gasteiger partial charge in [0.2, 0.25) is 0 Å². The number of carboxylic acids is 1. The summed E-state index contributed by atoms with van der Waals surface area (Å²) >= 11 is 0. The number of hydrogen-bond acceptors (Lipinski definition) is 2. The first kappa shape index (κ1) is 12.3. The highest BCUT2D eigenvalue weighted by Gasteiger charge is 2.10. The SMILES string of the molecule is O=C(O)c1cc2c(COc3ccccc3)cccc2[nH]1. The molecule has 1 heterocycles. The number of benzene rings is 2. The van der Waals surface area contributed by atoms with Crippen molar-refractivity contribution in [1.29, 1.82) is 0 Å². The third-order valence-electron chi connectivity index (χ3n) is 3.12. The Bertz CT molecular complexity index is 747. The molecular weight excluding hydrogens is 254 g/mol. The van der Waals surface area contributed by atoms with Crippen LogP contribution in [0.1, 0.15) is 16.1 Å². The van der Waals surface area contributed by atoms with E-state index < -0.39 is 5.97 Å². The Balaban J connectivity index is 1.89. The van der Waals surface area contributed by atoms with Gasteiger partial charge in [-0.25, -0.2) is 4.79 Å². The van der Waals surface area contributed by atoms with E-state index in [1.807, 2.05) is 48.5 Å². The molecule has 0 aliphatic heterocycles. The number of aromatic amines is 1. The van der Waals surface area contributed by atoms with Gasteiger partial charge >= 0.3 is 5.97 Å². The van der Waals surface area contributed by atoms with Gasteiger partial charge in [-0.15, -0.1) is 0 Å². The minimum atomic E-state index is -0.962. The van der Waals surface area contributed by atoms with Crippen molar-refractivity contribution in [3.8, 4) is 5.75 Å². The second-order valence-electron chi connectivity index (χ2n) is 4.47. The summed E-state index contributed by atoms with van der Waals surface area (Å²) in [7, 11) is 0. The highest BCUT2D eigenvalue weighted by atomic mass is 16.5. The molecule has 3 rings (SSSR count). The van der Waals surface area contributed by atoms with Gasteiger partial charge in [-0.1, -0.05) is 30.3 Å². The lowest BCUT2D eigenvalue weighted by Gasteiger charge is -2.06. The van der Waals surface area contributed by atoms with Gasteiger partial charge < -0.3 is 14.8 Å². The fourth-order valence-corrected chi connectivity index (χ4v) is 2.14. The molecule has 2 N–H and O–H groups in total. The second kappa shape index (κ2) is 5.09. The van der Waals surface area contributed by atoms with Crippen molar-refractivity contribution in [3.63, 3.8) is 0 Å². The molecule has 0 saturated heterocycles. The minimum Gasteiger partial charge on any atom is -0.489 e. The quantitative estimate of drug-likeness (QED) is 0.761. The van der Waals surface area contributed by atoms with E-state index in [0.717, 1.165) is 22.2 Å². The molecule has 0 spiro atoms. The molecule has 0 fully saturated rings. The molecule has 2 aromatic carbocycles. The van der Waals surface area contributed by atoms with Gasteiger partial charge in [-0.05, 0) is 29.8 Å². The van der Waals surface area contributed by atoms with Crippen LogP contribution in [0.25, 0.3) is 10.9 Å². The van der Waals surface area contributed by atoms with Crippen molar-refractivity contribution in [3.05, 3.63) is 65.9 Å². The zero-order chi connectivity index (χ0) is 13.9.